The van der Waals surface area contributed by atoms with E-state index in [0.29, 0.717) is 11.1 Å². The van der Waals surface area contributed by atoms with Crippen LogP contribution in [-0.2, 0) is 5.41 Å². The number of hydrogen-bond donors (Lipinski definition) is 0. The van der Waals surface area contributed by atoms with E-state index in [9.17, 15) is 10.5 Å². The summed E-state index contributed by atoms with van der Waals surface area (Å²) < 4.78 is 7.18. The zero-order valence-electron chi connectivity index (χ0n) is 28.4. The van der Waals surface area contributed by atoms with Gasteiger partial charge >= 0.3 is 0 Å². The summed E-state index contributed by atoms with van der Waals surface area (Å²) in [5.74, 6) is 0. The van der Waals surface area contributed by atoms with Crippen LogP contribution in [0.4, 0.5) is 0 Å². The van der Waals surface area contributed by atoms with Gasteiger partial charge in [-0.05, 0) is 107 Å². The molecule has 242 valence electrons. The second kappa shape index (κ2) is 10.2. The summed E-state index contributed by atoms with van der Waals surface area (Å²) in [6, 6.07) is 52.2. The van der Waals surface area contributed by atoms with Gasteiger partial charge in [0.1, 0.15) is 0 Å². The average Bonchev–Trinajstić information content (AvgIpc) is 3.89. The molecule has 7 aromatic carbocycles. The molecule has 0 fully saturated rings. The minimum absolute atomic E-state index is 0.122. The Morgan fingerprint density at radius 2 is 1.06 bits per heavy atom. The lowest BCUT2D eigenvalue weighted by atomic mass is 9.80. The standard InChI is InChI=1S/C47H28N4S/c1-47(2)38-9-5-3-7-31(38)32-15-18-42-45(46(32)47)33-8-4-6-10-39(33)51(42)30-14-20-44-37(24-30)36-23-29(13-19-43(36)52-44)50-40-16-11-27(25-48)21-34(40)35-22-28(26-49)12-17-41(35)50/h3-24H,1-2H3. The van der Waals surface area contributed by atoms with Gasteiger partial charge in [0.05, 0.1) is 45.3 Å². The zero-order chi connectivity index (χ0) is 34.9. The summed E-state index contributed by atoms with van der Waals surface area (Å²) in [7, 11) is 0. The van der Waals surface area contributed by atoms with E-state index in [0.717, 1.165) is 33.2 Å². The van der Waals surface area contributed by atoms with Crippen LogP contribution in [0.2, 0.25) is 0 Å². The van der Waals surface area contributed by atoms with Crippen molar-refractivity contribution in [3.05, 3.63) is 156 Å². The Morgan fingerprint density at radius 3 is 1.71 bits per heavy atom. The molecule has 0 saturated carbocycles. The molecule has 0 radical (unpaired) electrons. The van der Waals surface area contributed by atoms with Crippen molar-refractivity contribution in [1.82, 2.24) is 9.13 Å². The molecule has 0 aliphatic heterocycles. The molecule has 0 unspecified atom stereocenters. The molecule has 3 heterocycles. The molecular formula is C47H28N4S. The fourth-order valence-electron chi connectivity index (χ4n) is 9.08. The van der Waals surface area contributed by atoms with Crippen LogP contribution in [0.15, 0.2) is 133 Å². The van der Waals surface area contributed by atoms with Gasteiger partial charge in [-0.2, -0.15) is 10.5 Å². The summed E-state index contributed by atoms with van der Waals surface area (Å²) in [6.07, 6.45) is 0. The lowest BCUT2D eigenvalue weighted by Gasteiger charge is -2.22. The molecule has 1 aliphatic carbocycles. The SMILES string of the molecule is CC1(C)c2ccccc2-c2ccc3c(c21)c1ccccc1n3-c1ccc2sc3ccc(-n4c5ccc(C#N)cc5c5cc(C#N)ccc54)cc3c2c1. The fourth-order valence-corrected chi connectivity index (χ4v) is 10.1. The number of nitrogens with zero attached hydrogens (tertiary/aromatic N) is 4. The molecule has 0 spiro atoms. The second-order valence-corrected chi connectivity index (χ2v) is 15.5. The Labute approximate surface area is 303 Å². The van der Waals surface area contributed by atoms with Crippen molar-refractivity contribution in [3.8, 4) is 34.6 Å². The quantitative estimate of drug-likeness (QED) is 0.182. The third kappa shape index (κ3) is 3.73. The van der Waals surface area contributed by atoms with Crippen LogP contribution in [0, 0.1) is 22.7 Å². The smallest absolute Gasteiger partial charge is 0.0991 e. The highest BCUT2D eigenvalue weighted by molar-refractivity contribution is 7.25. The van der Waals surface area contributed by atoms with E-state index in [1.807, 2.05) is 47.7 Å². The van der Waals surface area contributed by atoms with Crippen molar-refractivity contribution >= 4 is 75.1 Å². The van der Waals surface area contributed by atoms with Gasteiger partial charge in [-0.25, -0.2) is 0 Å². The van der Waals surface area contributed by atoms with E-state index in [4.69, 9.17) is 0 Å². The molecule has 10 aromatic rings. The summed E-state index contributed by atoms with van der Waals surface area (Å²) in [6.45, 7) is 4.73. The molecule has 5 heteroatoms. The molecule has 1 aliphatic rings. The molecule has 52 heavy (non-hydrogen) atoms. The summed E-state index contributed by atoms with van der Waals surface area (Å²) in [5, 5.41) is 26.3. The normalized spacial score (nSPS) is 13.3. The number of fused-ring (bicyclic) bond motifs is 13. The lowest BCUT2D eigenvalue weighted by Crippen LogP contribution is -2.15. The highest BCUT2D eigenvalue weighted by atomic mass is 32.1. The minimum Gasteiger partial charge on any atom is -0.309 e. The van der Waals surface area contributed by atoms with Crippen LogP contribution in [0.5, 0.6) is 0 Å². The van der Waals surface area contributed by atoms with Gasteiger partial charge in [-0.15, -0.1) is 11.3 Å². The molecule has 0 N–H and O–H groups in total. The molecule has 3 aromatic heterocycles. The molecule has 0 amide bonds. The van der Waals surface area contributed by atoms with Crippen LogP contribution < -0.4 is 0 Å². The van der Waals surface area contributed by atoms with Crippen molar-refractivity contribution in [3.63, 3.8) is 0 Å². The van der Waals surface area contributed by atoms with E-state index < -0.39 is 0 Å². The third-order valence-electron chi connectivity index (χ3n) is 11.3. The zero-order valence-corrected chi connectivity index (χ0v) is 29.2. The Morgan fingerprint density at radius 1 is 0.500 bits per heavy atom. The highest BCUT2D eigenvalue weighted by Crippen LogP contribution is 2.53. The Kier molecular flexibility index (Phi) is 5.71. The van der Waals surface area contributed by atoms with Gasteiger partial charge in [0.25, 0.3) is 0 Å². The van der Waals surface area contributed by atoms with E-state index in [1.165, 1.54) is 64.2 Å². The van der Waals surface area contributed by atoms with E-state index in [2.05, 4.69) is 132 Å². The first-order valence-corrected chi connectivity index (χ1v) is 18.3. The first-order chi connectivity index (χ1) is 25.4. The maximum Gasteiger partial charge on any atom is 0.0991 e. The van der Waals surface area contributed by atoms with Crippen LogP contribution in [0.25, 0.3) is 86.3 Å². The number of rotatable bonds is 2. The fraction of sp³-hybridized carbons (Fsp3) is 0.0638. The largest absolute Gasteiger partial charge is 0.309 e. The van der Waals surface area contributed by atoms with Crippen molar-refractivity contribution in [2.75, 3.05) is 0 Å². The number of aromatic nitrogens is 2. The maximum absolute atomic E-state index is 9.69. The lowest BCUT2D eigenvalue weighted by molar-refractivity contribution is 0.666. The first-order valence-electron chi connectivity index (χ1n) is 17.5. The molecule has 0 atom stereocenters. The Balaban J connectivity index is 1.15. The maximum atomic E-state index is 9.69. The van der Waals surface area contributed by atoms with Gasteiger partial charge in [0.2, 0.25) is 0 Å². The van der Waals surface area contributed by atoms with Gasteiger partial charge < -0.3 is 9.13 Å². The first kappa shape index (κ1) is 29.1. The Hall–Kier alpha value is -6.66. The van der Waals surface area contributed by atoms with E-state index >= 15 is 0 Å². The van der Waals surface area contributed by atoms with Gasteiger partial charge in [0.15, 0.2) is 0 Å². The number of nitriles is 2. The van der Waals surface area contributed by atoms with Crippen molar-refractivity contribution in [2.24, 2.45) is 0 Å². The van der Waals surface area contributed by atoms with Gasteiger partial charge in [0, 0.05) is 58.5 Å². The number of benzene rings is 7. The molecular weight excluding hydrogens is 653 g/mol. The van der Waals surface area contributed by atoms with E-state index in [1.54, 1.807) is 0 Å². The summed E-state index contributed by atoms with van der Waals surface area (Å²) in [4.78, 5) is 0. The third-order valence-corrected chi connectivity index (χ3v) is 12.5. The molecule has 11 rings (SSSR count). The predicted molar refractivity (Wildman–Crippen MR) is 215 cm³/mol. The van der Waals surface area contributed by atoms with Crippen LogP contribution in [-0.4, -0.2) is 9.13 Å². The minimum atomic E-state index is -0.122. The van der Waals surface area contributed by atoms with Crippen molar-refractivity contribution < 1.29 is 0 Å². The van der Waals surface area contributed by atoms with E-state index in [-0.39, 0.29) is 5.41 Å². The summed E-state index contributed by atoms with van der Waals surface area (Å²) >= 11 is 1.82. The average molecular weight is 681 g/mol. The number of para-hydroxylation sites is 1. The number of hydrogen-bond acceptors (Lipinski definition) is 3. The van der Waals surface area contributed by atoms with Gasteiger partial charge in [-0.3, -0.25) is 0 Å². The number of thiophene rings is 1. The Bertz CT molecular complexity index is 3230. The van der Waals surface area contributed by atoms with Crippen molar-refractivity contribution in [2.45, 2.75) is 19.3 Å². The van der Waals surface area contributed by atoms with Crippen LogP contribution in [0.1, 0.15) is 36.1 Å². The summed E-state index contributed by atoms with van der Waals surface area (Å²) in [5.41, 5.74) is 13.2. The molecule has 0 bridgehead atoms. The highest BCUT2D eigenvalue weighted by Gasteiger charge is 2.38. The van der Waals surface area contributed by atoms with Crippen molar-refractivity contribution in [1.29, 1.82) is 10.5 Å². The van der Waals surface area contributed by atoms with Gasteiger partial charge in [-0.1, -0.05) is 62.4 Å². The predicted octanol–water partition coefficient (Wildman–Crippen LogP) is 12.3. The van der Waals surface area contributed by atoms with Crippen LogP contribution in [0.3, 0.4) is 0 Å². The van der Waals surface area contributed by atoms with Crippen LogP contribution >= 0.6 is 11.3 Å². The monoisotopic (exact) mass is 680 g/mol. The topological polar surface area (TPSA) is 57.4 Å². The molecule has 0 saturated heterocycles. The molecule has 4 nitrogen and oxygen atoms in total. The second-order valence-electron chi connectivity index (χ2n) is 14.4.